The molecule has 47 heavy (non-hydrogen) atoms. The molecular weight excluding hydrogens is 662 g/mol. The number of aliphatic carboxylic acids is 3. The van der Waals surface area contributed by atoms with Crippen LogP contribution in [0.25, 0.3) is 0 Å². The van der Waals surface area contributed by atoms with Gasteiger partial charge in [-0.1, -0.05) is 24.3 Å². The number of carboxylic acid groups (broad SMARTS) is 3. The van der Waals surface area contributed by atoms with E-state index in [-0.39, 0.29) is 68.9 Å². The number of hydrogen-bond acceptors (Lipinski definition) is 10. The lowest BCUT2D eigenvalue weighted by molar-refractivity contribution is -0.140. The molecule has 0 saturated heterocycles. The van der Waals surface area contributed by atoms with Gasteiger partial charge in [0.15, 0.2) is 0 Å². The number of benzene rings is 2. The fourth-order valence-electron chi connectivity index (χ4n) is 4.83. The molecule has 2 rings (SSSR count). The van der Waals surface area contributed by atoms with Crippen LogP contribution in [0.5, 0.6) is 11.5 Å². The highest BCUT2D eigenvalue weighted by Gasteiger charge is 2.41. The van der Waals surface area contributed by atoms with E-state index in [0.29, 0.717) is 16.7 Å². The van der Waals surface area contributed by atoms with Gasteiger partial charge in [0.05, 0.1) is 13.1 Å². The molecule has 0 aliphatic rings. The molecule has 0 spiro atoms. The summed E-state index contributed by atoms with van der Waals surface area (Å²) in [5, 5.41) is 46.7. The van der Waals surface area contributed by atoms with E-state index in [0.717, 1.165) is 6.66 Å². The van der Waals surface area contributed by atoms with Crippen molar-refractivity contribution in [1.29, 1.82) is 0 Å². The molecule has 2 atom stereocenters. The van der Waals surface area contributed by atoms with Crippen LogP contribution in [0.1, 0.15) is 41.5 Å². The first-order valence-corrected chi connectivity index (χ1v) is 18.2. The molecule has 16 nitrogen and oxygen atoms in total. The number of rotatable bonds is 21. The summed E-state index contributed by atoms with van der Waals surface area (Å²) in [5.74, 6) is -4.35. The zero-order valence-electron chi connectivity index (χ0n) is 25.6. The Morgan fingerprint density at radius 1 is 0.702 bits per heavy atom. The van der Waals surface area contributed by atoms with Gasteiger partial charge in [0.25, 0.3) is 0 Å². The number of phenolic OH excluding ortho intramolecular Hbond substituents is 2. The molecule has 2 aromatic carbocycles. The quantitative estimate of drug-likeness (QED) is 0.0863. The van der Waals surface area contributed by atoms with E-state index in [1.807, 2.05) is 0 Å². The minimum atomic E-state index is -5.03. The van der Waals surface area contributed by atoms with E-state index in [4.69, 9.17) is 5.11 Å². The number of carbonyl (C=O) groups excluding carboxylic acids is 1. The minimum absolute atomic E-state index is 0.0171. The van der Waals surface area contributed by atoms with Crippen LogP contribution in [0.15, 0.2) is 36.4 Å². The van der Waals surface area contributed by atoms with E-state index < -0.39 is 63.6 Å². The van der Waals surface area contributed by atoms with Crippen LogP contribution in [0, 0.1) is 0 Å². The number of ketones is 1. The first kappa shape index (κ1) is 39.6. The van der Waals surface area contributed by atoms with Crippen molar-refractivity contribution in [3.63, 3.8) is 0 Å². The van der Waals surface area contributed by atoms with Gasteiger partial charge in [-0.25, -0.2) is 0 Å². The number of phenols is 2. The largest absolute Gasteiger partial charge is 0.508 e. The molecule has 2 aromatic rings. The predicted molar refractivity (Wildman–Crippen MR) is 168 cm³/mol. The number of carbonyl (C=O) groups is 4. The van der Waals surface area contributed by atoms with Crippen LogP contribution in [0.2, 0.25) is 0 Å². The Labute approximate surface area is 270 Å². The van der Waals surface area contributed by atoms with Crippen molar-refractivity contribution in [2.24, 2.45) is 0 Å². The second-order valence-electron chi connectivity index (χ2n) is 11.3. The van der Waals surface area contributed by atoms with Gasteiger partial charge in [0.2, 0.25) is 7.37 Å². The fraction of sp³-hybridized carbons (Fsp3) is 0.448. The Morgan fingerprint density at radius 3 is 1.49 bits per heavy atom. The van der Waals surface area contributed by atoms with Crippen LogP contribution in [-0.4, -0.2) is 112 Å². The number of hydrogen-bond donors (Lipinski definition) is 8. The molecule has 8 N–H and O–H groups in total. The van der Waals surface area contributed by atoms with E-state index in [1.54, 1.807) is 12.1 Å². The van der Waals surface area contributed by atoms with E-state index in [9.17, 15) is 63.4 Å². The van der Waals surface area contributed by atoms with E-state index in [2.05, 4.69) is 0 Å². The zero-order chi connectivity index (χ0) is 35.5. The van der Waals surface area contributed by atoms with Crippen molar-refractivity contribution in [1.82, 2.24) is 9.80 Å². The molecule has 0 aliphatic heterocycles. The van der Waals surface area contributed by atoms with Crippen molar-refractivity contribution in [3.05, 3.63) is 58.7 Å². The Morgan fingerprint density at radius 2 is 1.13 bits per heavy atom. The molecule has 0 fully saturated rings. The van der Waals surface area contributed by atoms with Crippen molar-refractivity contribution in [2.75, 3.05) is 32.8 Å². The Kier molecular flexibility index (Phi) is 14.7. The smallest absolute Gasteiger partial charge is 0.338 e. The summed E-state index contributed by atoms with van der Waals surface area (Å²) in [6.07, 6.45) is -0.917. The summed E-state index contributed by atoms with van der Waals surface area (Å²) in [6, 6.07) is 8.87. The minimum Gasteiger partial charge on any atom is -0.508 e. The molecule has 0 heterocycles. The van der Waals surface area contributed by atoms with Gasteiger partial charge in [-0.2, -0.15) is 0 Å². The molecule has 2 unspecified atom stereocenters. The van der Waals surface area contributed by atoms with E-state index >= 15 is 0 Å². The average Bonchev–Trinajstić information content (AvgIpc) is 2.93. The molecule has 0 amide bonds. The Bertz CT molecular complexity index is 1510. The van der Waals surface area contributed by atoms with Crippen LogP contribution >= 0.6 is 15.0 Å². The monoisotopic (exact) mass is 702 g/mol. The second-order valence-corrected chi connectivity index (χ2v) is 16.0. The van der Waals surface area contributed by atoms with Gasteiger partial charge >= 0.3 is 25.5 Å². The summed E-state index contributed by atoms with van der Waals surface area (Å²) < 4.78 is 23.6. The fourth-order valence-corrected chi connectivity index (χ4v) is 8.04. The molecule has 0 aliphatic carbocycles. The SMILES string of the molecule is CP(=O)(O)C(CC(=O)CCc1ccc(O)c(CN(CCN(CC(=O)O)Cc2cc(CCC(=O)O)ccc2O)CC(=O)O)c1)P(=O)(O)O. The summed E-state index contributed by atoms with van der Waals surface area (Å²) in [4.78, 5) is 78.0. The zero-order valence-corrected chi connectivity index (χ0v) is 27.4. The molecule has 0 radical (unpaired) electrons. The third kappa shape index (κ3) is 14.4. The van der Waals surface area contributed by atoms with Gasteiger partial charge in [-0.3, -0.25) is 38.1 Å². The topological polar surface area (TPSA) is 271 Å². The van der Waals surface area contributed by atoms with Gasteiger partial charge in [-0.15, -0.1) is 0 Å². The third-order valence-corrected chi connectivity index (χ3v) is 11.6. The summed E-state index contributed by atoms with van der Waals surface area (Å²) in [5.41, 5.74) is 1.78. The summed E-state index contributed by atoms with van der Waals surface area (Å²) in [6.45, 7) is -0.264. The summed E-state index contributed by atoms with van der Waals surface area (Å²) >= 11 is 0. The first-order chi connectivity index (χ1) is 21.7. The van der Waals surface area contributed by atoms with Gasteiger partial charge in [0.1, 0.15) is 22.7 Å². The number of aryl methyl sites for hydroxylation is 2. The number of carboxylic acids is 3. The van der Waals surface area contributed by atoms with Crippen LogP contribution in [-0.2, 0) is 54.2 Å². The lowest BCUT2D eigenvalue weighted by atomic mass is 10.0. The van der Waals surface area contributed by atoms with Crippen molar-refractivity contribution >= 4 is 38.7 Å². The van der Waals surface area contributed by atoms with Crippen molar-refractivity contribution in [3.8, 4) is 11.5 Å². The van der Waals surface area contributed by atoms with Gasteiger partial charge < -0.3 is 40.2 Å². The molecule has 260 valence electrons. The van der Waals surface area contributed by atoms with Gasteiger partial charge in [-0.05, 0) is 36.1 Å². The lowest BCUT2D eigenvalue weighted by Gasteiger charge is -2.26. The maximum Gasteiger partial charge on any atom is 0.338 e. The normalized spacial score (nSPS) is 13.7. The molecule has 18 heteroatoms. The maximum atomic E-state index is 12.4. The second kappa shape index (κ2) is 17.5. The Balaban J connectivity index is 2.16. The number of nitrogens with zero attached hydrogens (tertiary/aromatic N) is 2. The molecule has 0 saturated carbocycles. The Hall–Kier alpha value is -3.62. The molecular formula is C29H40N2O14P2. The summed E-state index contributed by atoms with van der Waals surface area (Å²) in [7, 11) is -9.31. The number of Topliss-reactive ketones (excluding diaryl/α,β-unsaturated/α-hetero) is 1. The van der Waals surface area contributed by atoms with Crippen LogP contribution in [0.4, 0.5) is 0 Å². The first-order valence-electron chi connectivity index (χ1n) is 14.3. The average molecular weight is 703 g/mol. The highest BCUT2D eigenvalue weighted by Crippen LogP contribution is 2.61. The number of aromatic hydroxyl groups is 2. The highest BCUT2D eigenvalue weighted by molar-refractivity contribution is 7.73. The third-order valence-electron chi connectivity index (χ3n) is 7.20. The highest BCUT2D eigenvalue weighted by atomic mass is 31.2. The van der Waals surface area contributed by atoms with Crippen LogP contribution < -0.4 is 0 Å². The van der Waals surface area contributed by atoms with Crippen molar-refractivity contribution < 1.29 is 68.5 Å². The predicted octanol–water partition coefficient (Wildman–Crippen LogP) is 1.88. The van der Waals surface area contributed by atoms with Gasteiger partial charge in [0, 0.05) is 63.2 Å². The van der Waals surface area contributed by atoms with Crippen molar-refractivity contribution in [2.45, 2.75) is 50.6 Å². The molecule has 0 aromatic heterocycles. The maximum absolute atomic E-state index is 12.4. The van der Waals surface area contributed by atoms with Crippen LogP contribution in [0.3, 0.4) is 0 Å². The standard InChI is InChI=1S/C29H40N2O14P2/c1-46(41,42)29(47(43,44)45)14-23(32)6-2-19-3-7-24(33)21(12-19)15-30(17-27(37)38)10-11-31(18-28(39)40)16-22-13-20(4-8-25(22)34)5-9-26(35)36/h3-4,7-8,12-13,29,33-34H,2,5-6,9-11,14-18H2,1H3,(H,35,36)(H,37,38)(H,39,40)(H,41,42)(H2,43,44,45). The van der Waals surface area contributed by atoms with E-state index in [1.165, 1.54) is 34.1 Å². The lowest BCUT2D eigenvalue weighted by Crippen LogP contribution is -2.39. The molecule has 0 bridgehead atoms.